The van der Waals surface area contributed by atoms with Crippen molar-refractivity contribution in [2.24, 2.45) is 0 Å². The van der Waals surface area contributed by atoms with Crippen LogP contribution in [0.1, 0.15) is 79.1 Å². The summed E-state index contributed by atoms with van der Waals surface area (Å²) in [5.74, 6) is 0. The van der Waals surface area contributed by atoms with E-state index in [2.05, 4.69) is 27.7 Å². The second-order valence-corrected chi connectivity index (χ2v) is 14.3. The molecule has 108 valence electrons. The van der Waals surface area contributed by atoms with Crippen LogP contribution in [0, 0.1) is 0 Å². The fourth-order valence-electron chi connectivity index (χ4n) is 2.52. The summed E-state index contributed by atoms with van der Waals surface area (Å²) in [5, 5.41) is 0. The number of hydrogen-bond acceptors (Lipinski definition) is 0. The molecule has 0 aliphatic rings. The molecule has 0 aliphatic carbocycles. The molecule has 18 heavy (non-hydrogen) atoms. The van der Waals surface area contributed by atoms with E-state index in [1.807, 2.05) is 0 Å². The third-order valence-corrected chi connectivity index (χ3v) is 14.7. The molecule has 0 atom stereocenters. The monoisotopic (exact) mass is 284 g/mol. The quantitative estimate of drug-likeness (QED) is 0.350. The Balaban J connectivity index is 4.27. The standard InChI is InChI=1S/C16H36Si2/c1-5-9-13-17(14-10-6-2)18(15-11-7-3)16-12-8-4/h5-16H2,1-4H3. The van der Waals surface area contributed by atoms with Crippen LogP contribution in [0.4, 0.5) is 0 Å². The van der Waals surface area contributed by atoms with Crippen LogP contribution in [0.15, 0.2) is 0 Å². The van der Waals surface area contributed by atoms with Crippen molar-refractivity contribution in [3.63, 3.8) is 0 Å². The normalized spacial score (nSPS) is 11.7. The minimum absolute atomic E-state index is 0.0487. The highest BCUT2D eigenvalue weighted by Crippen LogP contribution is 2.21. The van der Waals surface area contributed by atoms with Gasteiger partial charge in [-0.15, -0.1) is 0 Å². The van der Waals surface area contributed by atoms with E-state index in [0.29, 0.717) is 0 Å². The van der Waals surface area contributed by atoms with Gasteiger partial charge in [0.2, 0.25) is 0 Å². The van der Waals surface area contributed by atoms with E-state index in [0.717, 1.165) is 0 Å². The molecule has 0 spiro atoms. The van der Waals surface area contributed by atoms with Crippen LogP contribution in [-0.2, 0) is 0 Å². The third kappa shape index (κ3) is 9.38. The minimum atomic E-state index is 0.0487. The van der Waals surface area contributed by atoms with Crippen LogP contribution >= 0.6 is 0 Å². The Kier molecular flexibility index (Phi) is 14.2. The molecule has 0 nitrogen and oxygen atoms in total. The Morgan fingerprint density at radius 2 is 0.667 bits per heavy atom. The largest absolute Gasteiger partial charge is 0.0654 e. The predicted octanol–water partition coefficient (Wildman–Crippen LogP) is 6.25. The van der Waals surface area contributed by atoms with Gasteiger partial charge in [0.25, 0.3) is 0 Å². The lowest BCUT2D eigenvalue weighted by Crippen LogP contribution is -2.35. The lowest BCUT2D eigenvalue weighted by atomic mass is 10.4. The molecule has 2 radical (unpaired) electrons. The van der Waals surface area contributed by atoms with Gasteiger partial charge in [0.1, 0.15) is 0 Å². The summed E-state index contributed by atoms with van der Waals surface area (Å²) in [6.07, 6.45) is 11.7. The third-order valence-electron chi connectivity index (χ3n) is 3.83. The lowest BCUT2D eigenvalue weighted by Gasteiger charge is -2.24. The predicted molar refractivity (Wildman–Crippen MR) is 90.4 cm³/mol. The van der Waals surface area contributed by atoms with E-state index < -0.39 is 0 Å². The fraction of sp³-hybridized carbons (Fsp3) is 1.00. The highest BCUT2D eigenvalue weighted by Gasteiger charge is 2.22. The Bertz CT molecular complexity index is 125. The maximum atomic E-state index is 2.36. The van der Waals surface area contributed by atoms with E-state index in [1.54, 1.807) is 24.2 Å². The molecule has 0 fully saturated rings. The summed E-state index contributed by atoms with van der Waals surface area (Å²) in [4.78, 5) is 0. The average Bonchev–Trinajstić information content (AvgIpc) is 2.40. The first-order chi connectivity index (χ1) is 8.79. The van der Waals surface area contributed by atoms with Gasteiger partial charge in [0.15, 0.2) is 0 Å². The van der Waals surface area contributed by atoms with Crippen LogP contribution in [-0.4, -0.2) is 16.6 Å². The van der Waals surface area contributed by atoms with Gasteiger partial charge in [0.05, 0.1) is 0 Å². The smallest absolute Gasteiger partial charge is 0.0377 e. The zero-order valence-corrected chi connectivity index (χ0v) is 15.5. The maximum Gasteiger partial charge on any atom is 0.0377 e. The Labute approximate surface area is 120 Å². The van der Waals surface area contributed by atoms with Crippen molar-refractivity contribution in [3.8, 4) is 0 Å². The molecule has 0 saturated heterocycles. The molecule has 0 N–H and O–H groups in total. The number of unbranched alkanes of at least 4 members (excludes halogenated alkanes) is 4. The molecule has 0 aromatic rings. The fourth-order valence-corrected chi connectivity index (χ4v) is 13.9. The van der Waals surface area contributed by atoms with Gasteiger partial charge in [0, 0.05) is 16.6 Å². The molecular formula is C16H36Si2. The highest BCUT2D eigenvalue weighted by molar-refractivity contribution is 7.22. The summed E-state index contributed by atoms with van der Waals surface area (Å²) in [5.41, 5.74) is 0. The summed E-state index contributed by atoms with van der Waals surface area (Å²) < 4.78 is 0. The second kappa shape index (κ2) is 13.9. The first-order valence-electron chi connectivity index (χ1n) is 8.49. The first kappa shape index (κ1) is 18.4. The van der Waals surface area contributed by atoms with E-state index in [9.17, 15) is 0 Å². The van der Waals surface area contributed by atoms with Crippen LogP contribution < -0.4 is 0 Å². The Hall–Kier alpha value is 0.434. The summed E-state index contributed by atoms with van der Waals surface area (Å²) >= 11 is 0. The van der Waals surface area contributed by atoms with Crippen LogP contribution in [0.2, 0.25) is 24.2 Å². The van der Waals surface area contributed by atoms with Crippen molar-refractivity contribution in [1.82, 2.24) is 0 Å². The molecule has 0 aromatic carbocycles. The molecule has 0 saturated carbocycles. The summed E-state index contributed by atoms with van der Waals surface area (Å²) in [6, 6.07) is 6.57. The number of hydrogen-bond donors (Lipinski definition) is 0. The molecule has 2 heteroatoms. The van der Waals surface area contributed by atoms with Crippen molar-refractivity contribution >= 4 is 16.6 Å². The second-order valence-electron chi connectivity index (χ2n) is 5.62. The summed E-state index contributed by atoms with van der Waals surface area (Å²) in [7, 11) is 0.0974. The molecule has 0 rings (SSSR count). The Morgan fingerprint density at radius 3 is 0.833 bits per heavy atom. The van der Waals surface area contributed by atoms with Crippen molar-refractivity contribution in [3.05, 3.63) is 0 Å². The molecule has 0 bridgehead atoms. The topological polar surface area (TPSA) is 0 Å². The van der Waals surface area contributed by atoms with Gasteiger partial charge in [-0.25, -0.2) is 0 Å². The van der Waals surface area contributed by atoms with Crippen molar-refractivity contribution < 1.29 is 0 Å². The molecule has 0 unspecified atom stereocenters. The highest BCUT2D eigenvalue weighted by atomic mass is 29.2. The van der Waals surface area contributed by atoms with Gasteiger partial charge in [-0.05, 0) is 0 Å². The van der Waals surface area contributed by atoms with Crippen LogP contribution in [0.5, 0.6) is 0 Å². The van der Waals surface area contributed by atoms with Gasteiger partial charge >= 0.3 is 0 Å². The maximum absolute atomic E-state index is 2.36. The Morgan fingerprint density at radius 1 is 0.444 bits per heavy atom. The SMILES string of the molecule is CCCC[Si](CCCC)[Si](CCCC)CCCC. The average molecular weight is 285 g/mol. The van der Waals surface area contributed by atoms with Gasteiger partial charge in [-0.3, -0.25) is 0 Å². The molecule has 0 heterocycles. The molecule has 0 amide bonds. The van der Waals surface area contributed by atoms with Crippen molar-refractivity contribution in [2.45, 2.75) is 103 Å². The van der Waals surface area contributed by atoms with Crippen LogP contribution in [0.25, 0.3) is 0 Å². The lowest BCUT2D eigenvalue weighted by molar-refractivity contribution is 0.832. The summed E-state index contributed by atoms with van der Waals surface area (Å²) in [6.45, 7) is 9.46. The van der Waals surface area contributed by atoms with Crippen molar-refractivity contribution in [2.75, 3.05) is 0 Å². The van der Waals surface area contributed by atoms with Crippen LogP contribution in [0.3, 0.4) is 0 Å². The van der Waals surface area contributed by atoms with E-state index in [1.165, 1.54) is 51.4 Å². The van der Waals surface area contributed by atoms with E-state index >= 15 is 0 Å². The van der Waals surface area contributed by atoms with Gasteiger partial charge < -0.3 is 0 Å². The molecular weight excluding hydrogens is 248 g/mol. The zero-order valence-electron chi connectivity index (χ0n) is 13.5. The first-order valence-corrected chi connectivity index (χ1v) is 13.3. The minimum Gasteiger partial charge on any atom is -0.0654 e. The molecule has 0 aliphatic heterocycles. The molecule has 0 aromatic heterocycles. The van der Waals surface area contributed by atoms with Crippen molar-refractivity contribution in [1.29, 1.82) is 0 Å². The van der Waals surface area contributed by atoms with E-state index in [-0.39, 0.29) is 16.6 Å². The van der Waals surface area contributed by atoms with Gasteiger partial charge in [-0.2, -0.15) is 0 Å². The van der Waals surface area contributed by atoms with E-state index in [4.69, 9.17) is 0 Å². The number of rotatable bonds is 13. The zero-order chi connectivity index (χ0) is 13.6. The van der Waals surface area contributed by atoms with Gasteiger partial charge in [-0.1, -0.05) is 103 Å².